The Hall–Kier alpha value is -0.950. The summed E-state index contributed by atoms with van der Waals surface area (Å²) < 4.78 is 29.6. The van der Waals surface area contributed by atoms with E-state index >= 15 is 0 Å². The largest absolute Gasteiger partial charge is 0.285 e. The predicted octanol–water partition coefficient (Wildman–Crippen LogP) is -0.246. The third kappa shape index (κ3) is 1.75. The lowest BCUT2D eigenvalue weighted by Crippen LogP contribution is -2.08. The molecule has 0 aliphatic heterocycles. The lowest BCUT2D eigenvalue weighted by atomic mass is 10.4. The molecule has 0 fully saturated rings. The van der Waals surface area contributed by atoms with E-state index in [0.717, 1.165) is 0 Å². The van der Waals surface area contributed by atoms with E-state index < -0.39 is 15.4 Å². The number of hydrogen-bond donors (Lipinski definition) is 2. The van der Waals surface area contributed by atoms with Crippen molar-refractivity contribution in [1.29, 1.82) is 0 Å². The lowest BCUT2D eigenvalue weighted by molar-refractivity contribution is 0.471. The van der Waals surface area contributed by atoms with Gasteiger partial charge in [0.1, 0.15) is 10.9 Å². The van der Waals surface area contributed by atoms with E-state index in [-0.39, 0.29) is 5.69 Å². The van der Waals surface area contributed by atoms with E-state index in [2.05, 4.69) is 15.4 Å². The quantitative estimate of drug-likeness (QED) is 0.607. The number of aromatic nitrogens is 3. The first kappa shape index (κ1) is 8.15. The van der Waals surface area contributed by atoms with Crippen LogP contribution in [0.25, 0.3) is 0 Å². The van der Waals surface area contributed by atoms with Crippen LogP contribution in [0.4, 0.5) is 0 Å². The van der Waals surface area contributed by atoms with Gasteiger partial charge in [-0.05, 0) is 6.92 Å². The molecule has 1 heterocycles. The van der Waals surface area contributed by atoms with Crippen molar-refractivity contribution >= 4 is 10.1 Å². The van der Waals surface area contributed by atoms with Crippen molar-refractivity contribution in [2.24, 2.45) is 0 Å². The zero-order valence-electron chi connectivity index (χ0n) is 5.72. The Labute approximate surface area is 63.4 Å². The molecular weight excluding hydrogens is 170 g/mol. The summed E-state index contributed by atoms with van der Waals surface area (Å²) in [6.07, 6.45) is 1.25. The van der Waals surface area contributed by atoms with Gasteiger partial charge < -0.3 is 0 Å². The molecule has 1 unspecified atom stereocenters. The summed E-state index contributed by atoms with van der Waals surface area (Å²) >= 11 is 0. The molecule has 0 bridgehead atoms. The van der Waals surface area contributed by atoms with Gasteiger partial charge in [-0.15, -0.1) is 0 Å². The maximum Gasteiger partial charge on any atom is 0.273 e. The van der Waals surface area contributed by atoms with Crippen LogP contribution in [0.1, 0.15) is 17.9 Å². The first-order valence-corrected chi connectivity index (χ1v) is 4.34. The maximum absolute atomic E-state index is 10.5. The van der Waals surface area contributed by atoms with E-state index in [1.54, 1.807) is 0 Å². The molecule has 2 N–H and O–H groups in total. The minimum atomic E-state index is -4.05. The summed E-state index contributed by atoms with van der Waals surface area (Å²) in [5, 5.41) is 8.13. The number of hydrogen-bond acceptors (Lipinski definition) is 4. The molecule has 0 amide bonds. The lowest BCUT2D eigenvalue weighted by Gasteiger charge is -2.01. The Morgan fingerprint density at radius 2 is 2.36 bits per heavy atom. The molecule has 7 heteroatoms. The topological polar surface area (TPSA) is 95.9 Å². The number of aromatic amines is 1. The highest BCUT2D eigenvalue weighted by Crippen LogP contribution is 2.15. The van der Waals surface area contributed by atoms with E-state index in [9.17, 15) is 8.42 Å². The third-order valence-corrected chi connectivity index (χ3v) is 2.43. The highest BCUT2D eigenvalue weighted by Gasteiger charge is 2.21. The Kier molecular flexibility index (Phi) is 1.92. The van der Waals surface area contributed by atoms with Crippen LogP contribution >= 0.6 is 0 Å². The van der Waals surface area contributed by atoms with Crippen LogP contribution in [0, 0.1) is 0 Å². The average molecular weight is 177 g/mol. The molecule has 1 aromatic heterocycles. The van der Waals surface area contributed by atoms with Crippen molar-refractivity contribution in [3.8, 4) is 0 Å². The molecule has 0 aliphatic rings. The molecule has 1 aromatic rings. The smallest absolute Gasteiger partial charge is 0.273 e. The predicted molar refractivity (Wildman–Crippen MR) is 36.3 cm³/mol. The van der Waals surface area contributed by atoms with E-state index in [0.29, 0.717) is 0 Å². The summed E-state index contributed by atoms with van der Waals surface area (Å²) in [5.74, 6) is 0. The van der Waals surface area contributed by atoms with Crippen LogP contribution in [-0.2, 0) is 10.1 Å². The fraction of sp³-hybridized carbons (Fsp3) is 0.500. The van der Waals surface area contributed by atoms with Crippen LogP contribution in [-0.4, -0.2) is 28.4 Å². The monoisotopic (exact) mass is 177 g/mol. The molecule has 1 atom stereocenters. The molecule has 0 aliphatic carbocycles. The normalized spacial score (nSPS) is 14.7. The van der Waals surface area contributed by atoms with E-state index in [1.807, 2.05) is 0 Å². The van der Waals surface area contributed by atoms with Gasteiger partial charge in [-0.25, -0.2) is 0 Å². The molecule has 6 nitrogen and oxygen atoms in total. The summed E-state index contributed by atoms with van der Waals surface area (Å²) in [6, 6.07) is 0. The SMILES string of the molecule is CC(c1cn[nH]n1)S(=O)(=O)O. The van der Waals surface area contributed by atoms with Crippen LogP contribution in [0.2, 0.25) is 0 Å². The third-order valence-electron chi connectivity index (χ3n) is 1.30. The minimum absolute atomic E-state index is 0.201. The van der Waals surface area contributed by atoms with Gasteiger partial charge in [-0.1, -0.05) is 0 Å². The van der Waals surface area contributed by atoms with Crippen molar-refractivity contribution in [3.05, 3.63) is 11.9 Å². The molecule has 0 radical (unpaired) electrons. The number of nitrogens with one attached hydrogen (secondary N) is 1. The van der Waals surface area contributed by atoms with Gasteiger partial charge in [-0.2, -0.15) is 23.8 Å². The Morgan fingerprint density at radius 3 is 2.73 bits per heavy atom. The van der Waals surface area contributed by atoms with Gasteiger partial charge in [0.15, 0.2) is 0 Å². The average Bonchev–Trinajstić information content (AvgIpc) is 2.34. The second kappa shape index (κ2) is 2.59. The minimum Gasteiger partial charge on any atom is -0.285 e. The van der Waals surface area contributed by atoms with Crippen LogP contribution in [0.3, 0.4) is 0 Å². The van der Waals surface area contributed by atoms with Crippen molar-refractivity contribution in [2.75, 3.05) is 0 Å². The zero-order chi connectivity index (χ0) is 8.48. The standard InChI is InChI=1S/C4H7N3O3S/c1-3(11(8,9)10)4-2-5-7-6-4/h2-3H,1H3,(H,5,6,7)(H,8,9,10). The number of rotatable bonds is 2. The Balaban J connectivity index is 2.97. The second-order valence-corrected chi connectivity index (χ2v) is 3.79. The van der Waals surface area contributed by atoms with Crippen molar-refractivity contribution in [3.63, 3.8) is 0 Å². The molecule has 0 saturated carbocycles. The van der Waals surface area contributed by atoms with Gasteiger partial charge in [0, 0.05) is 0 Å². The Morgan fingerprint density at radius 1 is 1.73 bits per heavy atom. The van der Waals surface area contributed by atoms with Crippen LogP contribution < -0.4 is 0 Å². The number of H-pyrrole nitrogens is 1. The summed E-state index contributed by atoms with van der Waals surface area (Å²) in [5.41, 5.74) is 0.201. The van der Waals surface area contributed by atoms with Gasteiger partial charge in [0.2, 0.25) is 0 Å². The fourth-order valence-corrected chi connectivity index (χ4v) is 0.978. The summed E-state index contributed by atoms with van der Waals surface area (Å²) in [4.78, 5) is 0. The van der Waals surface area contributed by atoms with Crippen molar-refractivity contribution in [2.45, 2.75) is 12.2 Å². The van der Waals surface area contributed by atoms with Crippen LogP contribution in [0.15, 0.2) is 6.20 Å². The highest BCUT2D eigenvalue weighted by molar-refractivity contribution is 7.86. The molecule has 1 rings (SSSR count). The van der Waals surface area contributed by atoms with Crippen molar-refractivity contribution in [1.82, 2.24) is 15.4 Å². The molecule has 11 heavy (non-hydrogen) atoms. The van der Waals surface area contributed by atoms with Gasteiger partial charge in [0.05, 0.1) is 6.20 Å². The Bertz CT molecular complexity index is 316. The molecule has 62 valence electrons. The summed E-state index contributed by atoms with van der Waals surface area (Å²) in [6.45, 7) is 1.33. The second-order valence-electron chi connectivity index (χ2n) is 2.05. The first-order chi connectivity index (χ1) is 5.02. The van der Waals surface area contributed by atoms with E-state index in [4.69, 9.17) is 4.55 Å². The molecule has 0 saturated heterocycles. The van der Waals surface area contributed by atoms with Crippen LogP contribution in [0.5, 0.6) is 0 Å². The number of nitrogens with zero attached hydrogens (tertiary/aromatic N) is 2. The van der Waals surface area contributed by atoms with Gasteiger partial charge >= 0.3 is 0 Å². The molecule has 0 aromatic carbocycles. The molecule has 0 spiro atoms. The first-order valence-electron chi connectivity index (χ1n) is 2.84. The maximum atomic E-state index is 10.5. The van der Waals surface area contributed by atoms with Crippen molar-refractivity contribution < 1.29 is 13.0 Å². The molecular formula is C4H7N3O3S. The highest BCUT2D eigenvalue weighted by atomic mass is 32.2. The summed E-state index contributed by atoms with van der Waals surface area (Å²) in [7, 11) is -4.05. The van der Waals surface area contributed by atoms with E-state index in [1.165, 1.54) is 13.1 Å². The fourth-order valence-electron chi connectivity index (χ4n) is 0.559. The van der Waals surface area contributed by atoms with Gasteiger partial charge in [-0.3, -0.25) is 4.55 Å². The van der Waals surface area contributed by atoms with Gasteiger partial charge in [0.25, 0.3) is 10.1 Å². The zero-order valence-corrected chi connectivity index (χ0v) is 6.54.